The number of hydrogen-bond acceptors (Lipinski definition) is 6. The molecule has 6 nitrogen and oxygen atoms in total. The molecule has 2 heterocycles. The molecular weight excluding hydrogens is 210 g/mol. The summed E-state index contributed by atoms with van der Waals surface area (Å²) in [6.45, 7) is 4.69. The highest BCUT2D eigenvalue weighted by Gasteiger charge is 2.23. The monoisotopic (exact) mass is 227 g/mol. The summed E-state index contributed by atoms with van der Waals surface area (Å²) in [6.07, 6.45) is 0.750. The van der Waals surface area contributed by atoms with Crippen molar-refractivity contribution in [3.8, 4) is 0 Å². The second-order valence-electron chi connectivity index (χ2n) is 3.82. The normalized spacial score (nSPS) is 22.5. The van der Waals surface area contributed by atoms with Crippen molar-refractivity contribution in [3.63, 3.8) is 0 Å². The average Bonchev–Trinajstić information content (AvgIpc) is 2.77. The zero-order valence-corrected chi connectivity index (χ0v) is 9.43. The van der Waals surface area contributed by atoms with Crippen LogP contribution >= 0.6 is 0 Å². The van der Waals surface area contributed by atoms with E-state index in [1.165, 1.54) is 0 Å². The maximum atomic E-state index is 9.20. The predicted molar refractivity (Wildman–Crippen MR) is 55.8 cm³/mol. The van der Waals surface area contributed by atoms with Gasteiger partial charge in [-0.15, -0.1) is 10.2 Å². The molecule has 1 aliphatic heterocycles. The van der Waals surface area contributed by atoms with Crippen LogP contribution in [-0.4, -0.2) is 52.6 Å². The van der Waals surface area contributed by atoms with Crippen molar-refractivity contribution in [2.75, 3.05) is 26.4 Å². The molecule has 0 aromatic carbocycles. The summed E-state index contributed by atoms with van der Waals surface area (Å²) in [5, 5.41) is 17.1. The highest BCUT2D eigenvalue weighted by atomic mass is 16.5. The fourth-order valence-electron chi connectivity index (χ4n) is 1.73. The zero-order chi connectivity index (χ0) is 11.4. The summed E-state index contributed by atoms with van der Waals surface area (Å²) in [5.41, 5.74) is 0. The third-order valence-corrected chi connectivity index (χ3v) is 2.71. The standard InChI is InChI=1S/C10H17N3O3/c1-2-9-11-12-10(16-9)5-13-3-4-15-7-8(13)6-14/h8,14H,2-7H2,1H3. The number of aliphatic hydroxyl groups excluding tert-OH is 1. The Balaban J connectivity index is 1.96. The van der Waals surface area contributed by atoms with E-state index in [2.05, 4.69) is 15.1 Å². The van der Waals surface area contributed by atoms with E-state index in [4.69, 9.17) is 9.15 Å². The van der Waals surface area contributed by atoms with Crippen molar-refractivity contribution in [2.45, 2.75) is 25.9 Å². The van der Waals surface area contributed by atoms with Crippen molar-refractivity contribution < 1.29 is 14.3 Å². The highest BCUT2D eigenvalue weighted by Crippen LogP contribution is 2.11. The topological polar surface area (TPSA) is 71.6 Å². The van der Waals surface area contributed by atoms with Crippen LogP contribution in [0.4, 0.5) is 0 Å². The van der Waals surface area contributed by atoms with Gasteiger partial charge in [0.1, 0.15) is 0 Å². The molecule has 0 amide bonds. The van der Waals surface area contributed by atoms with Crippen molar-refractivity contribution in [1.29, 1.82) is 0 Å². The molecule has 90 valence electrons. The molecule has 16 heavy (non-hydrogen) atoms. The first kappa shape index (κ1) is 11.5. The van der Waals surface area contributed by atoms with Crippen LogP contribution in [0.1, 0.15) is 18.7 Å². The molecule has 1 aromatic heterocycles. The Hall–Kier alpha value is -0.980. The van der Waals surface area contributed by atoms with Crippen molar-refractivity contribution >= 4 is 0 Å². The van der Waals surface area contributed by atoms with Crippen molar-refractivity contribution in [1.82, 2.24) is 15.1 Å². The van der Waals surface area contributed by atoms with E-state index in [9.17, 15) is 5.11 Å². The Bertz CT molecular complexity index is 329. The van der Waals surface area contributed by atoms with Gasteiger partial charge < -0.3 is 14.3 Å². The number of aliphatic hydroxyl groups is 1. The minimum atomic E-state index is 0.0331. The fourth-order valence-corrected chi connectivity index (χ4v) is 1.73. The SMILES string of the molecule is CCc1nnc(CN2CCOCC2CO)o1. The van der Waals surface area contributed by atoms with Gasteiger partial charge in [0, 0.05) is 13.0 Å². The molecule has 1 atom stereocenters. The molecule has 1 saturated heterocycles. The maximum Gasteiger partial charge on any atom is 0.230 e. The van der Waals surface area contributed by atoms with Crippen LogP contribution in [-0.2, 0) is 17.7 Å². The molecule has 6 heteroatoms. The van der Waals surface area contributed by atoms with Gasteiger partial charge in [0.25, 0.3) is 0 Å². The van der Waals surface area contributed by atoms with Gasteiger partial charge in [0.15, 0.2) is 0 Å². The van der Waals surface area contributed by atoms with Gasteiger partial charge in [-0.3, -0.25) is 4.90 Å². The minimum Gasteiger partial charge on any atom is -0.424 e. The van der Waals surface area contributed by atoms with E-state index >= 15 is 0 Å². The molecule has 2 rings (SSSR count). The first-order valence-electron chi connectivity index (χ1n) is 5.57. The Kier molecular flexibility index (Phi) is 3.87. The lowest BCUT2D eigenvalue weighted by molar-refractivity contribution is -0.0343. The van der Waals surface area contributed by atoms with Crippen molar-refractivity contribution in [2.24, 2.45) is 0 Å². The molecule has 1 N–H and O–H groups in total. The molecule has 1 fully saturated rings. The van der Waals surface area contributed by atoms with Crippen LogP contribution in [0.2, 0.25) is 0 Å². The van der Waals surface area contributed by atoms with Crippen LogP contribution in [0, 0.1) is 0 Å². The van der Waals surface area contributed by atoms with Crippen LogP contribution in [0.3, 0.4) is 0 Å². The predicted octanol–water partition coefficient (Wildman–Crippen LogP) is -0.175. The quantitative estimate of drug-likeness (QED) is 0.769. The second-order valence-corrected chi connectivity index (χ2v) is 3.82. The third kappa shape index (κ3) is 2.58. The molecule has 0 bridgehead atoms. The Morgan fingerprint density at radius 2 is 2.25 bits per heavy atom. The summed E-state index contributed by atoms with van der Waals surface area (Å²) in [5.74, 6) is 1.26. The average molecular weight is 227 g/mol. The number of ether oxygens (including phenoxy) is 1. The number of aromatic nitrogens is 2. The van der Waals surface area contributed by atoms with E-state index in [0.717, 1.165) is 13.0 Å². The smallest absolute Gasteiger partial charge is 0.230 e. The number of morpholine rings is 1. The molecule has 1 aliphatic rings. The molecule has 0 saturated carbocycles. The highest BCUT2D eigenvalue weighted by molar-refractivity contribution is 4.84. The van der Waals surface area contributed by atoms with E-state index in [0.29, 0.717) is 31.5 Å². The number of rotatable bonds is 4. The minimum absolute atomic E-state index is 0.0331. The number of hydrogen-bond donors (Lipinski definition) is 1. The van der Waals surface area contributed by atoms with Crippen LogP contribution in [0.5, 0.6) is 0 Å². The summed E-state index contributed by atoms with van der Waals surface area (Å²) in [4.78, 5) is 2.11. The largest absolute Gasteiger partial charge is 0.424 e. The lowest BCUT2D eigenvalue weighted by Gasteiger charge is -2.33. The van der Waals surface area contributed by atoms with Gasteiger partial charge in [-0.25, -0.2) is 0 Å². The zero-order valence-electron chi connectivity index (χ0n) is 9.43. The first-order valence-corrected chi connectivity index (χ1v) is 5.57. The van der Waals surface area contributed by atoms with Crippen molar-refractivity contribution in [3.05, 3.63) is 11.8 Å². The van der Waals surface area contributed by atoms with Crippen LogP contribution in [0.25, 0.3) is 0 Å². The summed E-state index contributed by atoms with van der Waals surface area (Å²) in [6, 6.07) is 0.0331. The third-order valence-electron chi connectivity index (χ3n) is 2.71. The molecule has 0 spiro atoms. The van der Waals surface area contributed by atoms with Gasteiger partial charge in [-0.05, 0) is 0 Å². The van der Waals surface area contributed by atoms with Gasteiger partial charge in [-0.1, -0.05) is 6.92 Å². The van der Waals surface area contributed by atoms with Crippen LogP contribution < -0.4 is 0 Å². The molecular formula is C10H17N3O3. The molecule has 1 unspecified atom stereocenters. The van der Waals surface area contributed by atoms with Gasteiger partial charge in [0.05, 0.1) is 32.4 Å². The van der Waals surface area contributed by atoms with Gasteiger partial charge >= 0.3 is 0 Å². The Morgan fingerprint density at radius 3 is 2.94 bits per heavy atom. The number of nitrogens with zero attached hydrogens (tertiary/aromatic N) is 3. The lowest BCUT2D eigenvalue weighted by Crippen LogP contribution is -2.46. The lowest BCUT2D eigenvalue weighted by atomic mass is 10.2. The first-order chi connectivity index (χ1) is 7.83. The Labute approximate surface area is 94.2 Å². The molecule has 1 aromatic rings. The summed E-state index contributed by atoms with van der Waals surface area (Å²) < 4.78 is 10.7. The second kappa shape index (κ2) is 5.38. The summed E-state index contributed by atoms with van der Waals surface area (Å²) >= 11 is 0. The molecule has 0 radical (unpaired) electrons. The maximum absolute atomic E-state index is 9.20. The van der Waals surface area contributed by atoms with Crippen LogP contribution in [0.15, 0.2) is 4.42 Å². The molecule has 0 aliphatic carbocycles. The van der Waals surface area contributed by atoms with Gasteiger partial charge in [0.2, 0.25) is 11.8 Å². The van der Waals surface area contributed by atoms with E-state index in [-0.39, 0.29) is 12.6 Å². The van der Waals surface area contributed by atoms with E-state index in [1.54, 1.807) is 0 Å². The van der Waals surface area contributed by atoms with E-state index < -0.39 is 0 Å². The fraction of sp³-hybridized carbons (Fsp3) is 0.800. The van der Waals surface area contributed by atoms with Gasteiger partial charge in [-0.2, -0.15) is 0 Å². The Morgan fingerprint density at radius 1 is 1.44 bits per heavy atom. The number of aryl methyl sites for hydroxylation is 1. The summed E-state index contributed by atoms with van der Waals surface area (Å²) in [7, 11) is 0. The van der Waals surface area contributed by atoms with E-state index in [1.807, 2.05) is 6.92 Å².